The quantitative estimate of drug-likeness (QED) is 0.755. The van der Waals surface area contributed by atoms with Gasteiger partial charge in [-0.1, -0.05) is 11.6 Å². The Morgan fingerprint density at radius 1 is 1.45 bits per heavy atom. The molecule has 0 bridgehead atoms. The highest BCUT2D eigenvalue weighted by Gasteiger charge is 2.20. The van der Waals surface area contributed by atoms with E-state index in [1.807, 2.05) is 0 Å². The summed E-state index contributed by atoms with van der Waals surface area (Å²) in [6.45, 7) is 0.971. The lowest BCUT2D eigenvalue weighted by Crippen LogP contribution is -2.45. The van der Waals surface area contributed by atoms with E-state index in [4.69, 9.17) is 21.4 Å². The Kier molecular flexibility index (Phi) is 6.27. The number of hydrogen-bond donors (Lipinski definition) is 2. The summed E-state index contributed by atoms with van der Waals surface area (Å²) in [6.07, 6.45) is 0. The fourth-order valence-corrected chi connectivity index (χ4v) is 1.70. The van der Waals surface area contributed by atoms with Crippen molar-refractivity contribution in [3.05, 3.63) is 28.8 Å². The zero-order valence-electron chi connectivity index (χ0n) is 11.2. The van der Waals surface area contributed by atoms with Crippen LogP contribution in [0.2, 0.25) is 5.02 Å². The van der Waals surface area contributed by atoms with Crippen molar-refractivity contribution in [1.29, 1.82) is 0 Å². The molecular weight excluding hydrogens is 286 g/mol. The molecule has 0 aliphatic carbocycles. The summed E-state index contributed by atoms with van der Waals surface area (Å²) in [6, 6.07) is 3.91. The zero-order valence-corrected chi connectivity index (χ0v) is 11.9. The number of halogens is 1. The van der Waals surface area contributed by atoms with Gasteiger partial charge in [0.15, 0.2) is 12.6 Å². The lowest BCUT2D eigenvalue weighted by molar-refractivity contribution is -0.146. The standard InChI is InChI=1S/C13H16ClNO5/c1-8-5-9(14)3-4-11(8)20-7-12(17)15-10(6-16)13(18)19-2/h3-5,10,16H,6-7H2,1-2H3,(H,15,17). The van der Waals surface area contributed by atoms with Crippen LogP contribution < -0.4 is 10.1 Å². The molecule has 1 aromatic carbocycles. The van der Waals surface area contributed by atoms with Crippen molar-refractivity contribution in [3.63, 3.8) is 0 Å². The van der Waals surface area contributed by atoms with Crippen LogP contribution in [0.5, 0.6) is 5.75 Å². The third kappa shape index (κ3) is 4.71. The van der Waals surface area contributed by atoms with E-state index in [0.29, 0.717) is 10.8 Å². The van der Waals surface area contributed by atoms with E-state index in [1.54, 1.807) is 25.1 Å². The van der Waals surface area contributed by atoms with Crippen molar-refractivity contribution in [2.45, 2.75) is 13.0 Å². The van der Waals surface area contributed by atoms with Gasteiger partial charge in [-0.05, 0) is 30.7 Å². The van der Waals surface area contributed by atoms with Crippen molar-refractivity contribution in [2.75, 3.05) is 20.3 Å². The monoisotopic (exact) mass is 301 g/mol. The van der Waals surface area contributed by atoms with E-state index < -0.39 is 24.5 Å². The smallest absolute Gasteiger partial charge is 0.330 e. The summed E-state index contributed by atoms with van der Waals surface area (Å²) >= 11 is 5.80. The number of nitrogens with one attached hydrogen (secondary N) is 1. The summed E-state index contributed by atoms with van der Waals surface area (Å²) in [4.78, 5) is 22.8. The van der Waals surface area contributed by atoms with Gasteiger partial charge in [-0.2, -0.15) is 0 Å². The number of aryl methyl sites for hydroxylation is 1. The van der Waals surface area contributed by atoms with E-state index in [0.717, 1.165) is 5.56 Å². The third-order valence-electron chi connectivity index (χ3n) is 2.50. The molecule has 1 aromatic rings. The van der Waals surface area contributed by atoms with Gasteiger partial charge in [-0.3, -0.25) is 4.79 Å². The van der Waals surface area contributed by atoms with Crippen LogP contribution in [0.4, 0.5) is 0 Å². The molecule has 110 valence electrons. The molecule has 0 aliphatic rings. The van der Waals surface area contributed by atoms with Crippen LogP contribution in [-0.4, -0.2) is 43.3 Å². The number of carbonyl (C=O) groups is 2. The van der Waals surface area contributed by atoms with Crippen LogP contribution in [0.3, 0.4) is 0 Å². The van der Waals surface area contributed by atoms with E-state index >= 15 is 0 Å². The van der Waals surface area contributed by atoms with Gasteiger partial charge in [-0.15, -0.1) is 0 Å². The molecule has 0 aliphatic heterocycles. The molecule has 2 N–H and O–H groups in total. The van der Waals surface area contributed by atoms with Gasteiger partial charge in [0.05, 0.1) is 13.7 Å². The first-order valence-corrected chi connectivity index (χ1v) is 6.22. The first kappa shape index (κ1) is 16.3. The highest BCUT2D eigenvalue weighted by Crippen LogP contribution is 2.21. The predicted octanol–water partition coefficient (Wildman–Crippen LogP) is 0.677. The number of rotatable bonds is 6. The number of ether oxygens (including phenoxy) is 2. The summed E-state index contributed by atoms with van der Waals surface area (Å²) in [5.41, 5.74) is 0.789. The van der Waals surface area contributed by atoms with Gasteiger partial charge in [-0.25, -0.2) is 4.79 Å². The topological polar surface area (TPSA) is 84.9 Å². The zero-order chi connectivity index (χ0) is 15.1. The molecule has 0 saturated carbocycles. The molecule has 1 unspecified atom stereocenters. The van der Waals surface area contributed by atoms with E-state index in [1.165, 1.54) is 7.11 Å². The molecule has 7 heteroatoms. The summed E-state index contributed by atoms with van der Waals surface area (Å²) in [7, 11) is 1.17. The fraction of sp³-hybridized carbons (Fsp3) is 0.385. The molecule has 6 nitrogen and oxygen atoms in total. The molecule has 0 aromatic heterocycles. The van der Waals surface area contributed by atoms with Crippen molar-refractivity contribution in [2.24, 2.45) is 0 Å². The number of methoxy groups -OCH3 is 1. The van der Waals surface area contributed by atoms with Crippen LogP contribution in [0.25, 0.3) is 0 Å². The van der Waals surface area contributed by atoms with Crippen LogP contribution >= 0.6 is 11.6 Å². The number of aliphatic hydroxyl groups excluding tert-OH is 1. The summed E-state index contributed by atoms with van der Waals surface area (Å²) in [5, 5.41) is 11.8. The summed E-state index contributed by atoms with van der Waals surface area (Å²) in [5.74, 6) is -0.740. The van der Waals surface area contributed by atoms with E-state index in [-0.39, 0.29) is 6.61 Å². The molecule has 0 heterocycles. The van der Waals surface area contributed by atoms with Gasteiger partial charge >= 0.3 is 5.97 Å². The fourth-order valence-electron chi connectivity index (χ4n) is 1.48. The first-order valence-electron chi connectivity index (χ1n) is 5.85. The molecule has 1 atom stereocenters. The Morgan fingerprint density at radius 2 is 2.15 bits per heavy atom. The Labute approximate surface area is 121 Å². The SMILES string of the molecule is COC(=O)C(CO)NC(=O)COc1ccc(Cl)cc1C. The van der Waals surface area contributed by atoms with E-state index in [2.05, 4.69) is 10.1 Å². The van der Waals surface area contributed by atoms with Crippen LogP contribution in [0.15, 0.2) is 18.2 Å². The van der Waals surface area contributed by atoms with Gasteiger partial charge in [0, 0.05) is 5.02 Å². The van der Waals surface area contributed by atoms with E-state index in [9.17, 15) is 9.59 Å². The maximum atomic E-state index is 11.6. The molecule has 0 spiro atoms. The Bertz CT molecular complexity index is 492. The lowest BCUT2D eigenvalue weighted by atomic mass is 10.2. The summed E-state index contributed by atoms with van der Waals surface area (Å²) < 4.78 is 9.74. The molecular formula is C13H16ClNO5. The van der Waals surface area contributed by atoms with Crippen molar-refractivity contribution in [1.82, 2.24) is 5.32 Å². The maximum Gasteiger partial charge on any atom is 0.330 e. The maximum absolute atomic E-state index is 11.6. The van der Waals surface area contributed by atoms with Gasteiger partial charge in [0.25, 0.3) is 5.91 Å². The Hall–Kier alpha value is -1.79. The minimum Gasteiger partial charge on any atom is -0.484 e. The van der Waals surface area contributed by atoms with Crippen LogP contribution in [0, 0.1) is 6.92 Å². The highest BCUT2D eigenvalue weighted by molar-refractivity contribution is 6.30. The second-order valence-corrected chi connectivity index (χ2v) is 4.46. The van der Waals surface area contributed by atoms with Gasteiger partial charge in [0.1, 0.15) is 5.75 Å². The second kappa shape index (κ2) is 7.72. The molecule has 1 rings (SSSR count). The second-order valence-electron chi connectivity index (χ2n) is 4.02. The normalized spacial score (nSPS) is 11.6. The largest absolute Gasteiger partial charge is 0.484 e. The molecule has 1 amide bonds. The molecule has 20 heavy (non-hydrogen) atoms. The minimum atomic E-state index is -1.09. The average molecular weight is 302 g/mol. The number of carbonyl (C=O) groups excluding carboxylic acids is 2. The number of amides is 1. The molecule has 0 saturated heterocycles. The van der Waals surface area contributed by atoms with Crippen molar-refractivity contribution in [3.8, 4) is 5.75 Å². The Balaban J connectivity index is 2.52. The van der Waals surface area contributed by atoms with Gasteiger partial charge in [0.2, 0.25) is 0 Å². The number of benzene rings is 1. The first-order chi connectivity index (χ1) is 9.47. The van der Waals surface area contributed by atoms with Crippen LogP contribution in [0.1, 0.15) is 5.56 Å². The third-order valence-corrected chi connectivity index (χ3v) is 2.73. The predicted molar refractivity (Wildman–Crippen MR) is 72.7 cm³/mol. The van der Waals surface area contributed by atoms with Crippen molar-refractivity contribution < 1.29 is 24.2 Å². The van der Waals surface area contributed by atoms with Crippen LogP contribution in [-0.2, 0) is 14.3 Å². The van der Waals surface area contributed by atoms with Gasteiger partial charge < -0.3 is 19.9 Å². The minimum absolute atomic E-state index is 0.282. The molecule has 0 fully saturated rings. The number of esters is 1. The lowest BCUT2D eigenvalue weighted by Gasteiger charge is -2.14. The number of aliphatic hydroxyl groups is 1. The van der Waals surface area contributed by atoms with Crippen molar-refractivity contribution >= 4 is 23.5 Å². The highest BCUT2D eigenvalue weighted by atomic mass is 35.5. The average Bonchev–Trinajstić information content (AvgIpc) is 2.43. The molecule has 0 radical (unpaired) electrons. The number of hydrogen-bond acceptors (Lipinski definition) is 5. The Morgan fingerprint density at radius 3 is 2.70 bits per heavy atom.